The first kappa shape index (κ1) is 25.4. The van der Waals surface area contributed by atoms with Gasteiger partial charge in [-0.05, 0) is 54.0 Å². The summed E-state index contributed by atoms with van der Waals surface area (Å²) in [6.07, 6.45) is 1.50. The molecular formula is C29H32N4O2S. The Kier molecular flexibility index (Phi) is 8.68. The summed E-state index contributed by atoms with van der Waals surface area (Å²) >= 11 is 5.46. The van der Waals surface area contributed by atoms with E-state index in [1.807, 2.05) is 96.8 Å². The fourth-order valence-electron chi connectivity index (χ4n) is 4.47. The highest BCUT2D eigenvalue weighted by atomic mass is 32.1. The Hall–Kier alpha value is -3.71. The lowest BCUT2D eigenvalue weighted by Crippen LogP contribution is -2.48. The molecular weight excluding hydrogens is 468 g/mol. The van der Waals surface area contributed by atoms with Crippen molar-refractivity contribution in [1.82, 2.24) is 10.2 Å². The van der Waals surface area contributed by atoms with Crippen LogP contribution in [0.5, 0.6) is 0 Å². The molecule has 0 aliphatic carbocycles. The third-order valence-electron chi connectivity index (χ3n) is 6.35. The number of carbonyl (C=O) groups is 2. The van der Waals surface area contributed by atoms with Gasteiger partial charge in [-0.1, -0.05) is 67.6 Å². The van der Waals surface area contributed by atoms with Crippen molar-refractivity contribution < 1.29 is 9.59 Å². The van der Waals surface area contributed by atoms with Crippen molar-refractivity contribution in [2.24, 2.45) is 0 Å². The van der Waals surface area contributed by atoms with E-state index in [4.69, 9.17) is 12.2 Å². The number of amides is 2. The van der Waals surface area contributed by atoms with Crippen molar-refractivity contribution in [2.75, 3.05) is 36.4 Å². The molecule has 0 atom stereocenters. The van der Waals surface area contributed by atoms with Crippen LogP contribution in [0.3, 0.4) is 0 Å². The average Bonchev–Trinajstić information content (AvgIpc) is 2.91. The van der Waals surface area contributed by atoms with Crippen molar-refractivity contribution in [1.29, 1.82) is 0 Å². The molecule has 7 heteroatoms. The molecule has 36 heavy (non-hydrogen) atoms. The van der Waals surface area contributed by atoms with Crippen LogP contribution < -0.4 is 15.5 Å². The Morgan fingerprint density at radius 2 is 1.39 bits per heavy atom. The monoisotopic (exact) mass is 500 g/mol. The van der Waals surface area contributed by atoms with Crippen LogP contribution in [0.2, 0.25) is 0 Å². The molecule has 0 unspecified atom stereocenters. The van der Waals surface area contributed by atoms with E-state index < -0.39 is 5.92 Å². The Morgan fingerprint density at radius 3 is 1.92 bits per heavy atom. The van der Waals surface area contributed by atoms with Crippen molar-refractivity contribution >= 4 is 40.5 Å². The molecule has 1 heterocycles. The van der Waals surface area contributed by atoms with E-state index in [2.05, 4.69) is 15.5 Å². The smallest absolute Gasteiger partial charge is 0.238 e. The van der Waals surface area contributed by atoms with Crippen molar-refractivity contribution in [3.05, 3.63) is 96.1 Å². The zero-order valence-corrected chi connectivity index (χ0v) is 21.3. The molecule has 1 aliphatic rings. The zero-order valence-electron chi connectivity index (χ0n) is 20.5. The fourth-order valence-corrected chi connectivity index (χ4v) is 4.69. The summed E-state index contributed by atoms with van der Waals surface area (Å²) < 4.78 is 0. The second kappa shape index (κ2) is 12.3. The summed E-state index contributed by atoms with van der Waals surface area (Å²) in [5.41, 5.74) is 3.72. The van der Waals surface area contributed by atoms with Crippen molar-refractivity contribution in [3.8, 4) is 0 Å². The number of nitrogens with zero attached hydrogens (tertiary/aromatic N) is 2. The van der Waals surface area contributed by atoms with E-state index in [-0.39, 0.29) is 16.9 Å². The van der Waals surface area contributed by atoms with Gasteiger partial charge in [0.1, 0.15) is 0 Å². The van der Waals surface area contributed by atoms with Crippen molar-refractivity contribution in [3.63, 3.8) is 0 Å². The van der Waals surface area contributed by atoms with E-state index in [1.54, 1.807) is 0 Å². The van der Waals surface area contributed by atoms with Gasteiger partial charge in [-0.25, -0.2) is 0 Å². The zero-order chi connectivity index (χ0) is 25.3. The molecule has 0 radical (unpaired) electrons. The van der Waals surface area contributed by atoms with Crippen LogP contribution in [0.4, 0.5) is 11.4 Å². The van der Waals surface area contributed by atoms with Gasteiger partial charge >= 0.3 is 0 Å². The van der Waals surface area contributed by atoms with Crippen molar-refractivity contribution in [2.45, 2.75) is 25.7 Å². The van der Waals surface area contributed by atoms with Gasteiger partial charge < -0.3 is 20.4 Å². The molecule has 0 spiro atoms. The molecule has 1 aliphatic heterocycles. The molecule has 0 bridgehead atoms. The third kappa shape index (κ3) is 6.49. The van der Waals surface area contributed by atoms with Gasteiger partial charge in [0.2, 0.25) is 11.8 Å². The molecule has 0 aromatic heterocycles. The van der Waals surface area contributed by atoms with Gasteiger partial charge in [-0.3, -0.25) is 9.59 Å². The summed E-state index contributed by atoms with van der Waals surface area (Å²) in [5.74, 6) is -0.400. The predicted octanol–water partition coefficient (Wildman–Crippen LogP) is 4.78. The quantitative estimate of drug-likeness (QED) is 0.457. The molecule has 186 valence electrons. The number of thiocarbonyl (C=S) groups is 1. The molecule has 3 aromatic rings. The Labute approximate surface area is 218 Å². The van der Waals surface area contributed by atoms with Crippen LogP contribution in [0.1, 0.15) is 36.8 Å². The van der Waals surface area contributed by atoms with E-state index >= 15 is 0 Å². The minimum absolute atomic E-state index is 0.183. The van der Waals surface area contributed by atoms with Gasteiger partial charge in [-0.15, -0.1) is 0 Å². The maximum atomic E-state index is 13.2. The lowest BCUT2D eigenvalue weighted by Gasteiger charge is -2.36. The number of hydrogen-bond acceptors (Lipinski definition) is 4. The number of nitrogens with one attached hydrogen (secondary N) is 2. The molecule has 4 rings (SSSR count). The van der Waals surface area contributed by atoms with Crippen LogP contribution in [0, 0.1) is 0 Å². The highest BCUT2D eigenvalue weighted by Crippen LogP contribution is 2.25. The topological polar surface area (TPSA) is 64.7 Å². The van der Waals surface area contributed by atoms with Gasteiger partial charge in [0.05, 0.1) is 5.92 Å². The van der Waals surface area contributed by atoms with Gasteiger partial charge in [-0.2, -0.15) is 0 Å². The van der Waals surface area contributed by atoms with E-state index in [0.717, 1.165) is 55.1 Å². The van der Waals surface area contributed by atoms with E-state index in [1.165, 1.54) is 0 Å². The summed E-state index contributed by atoms with van der Waals surface area (Å²) in [6.45, 7) is 5.16. The van der Waals surface area contributed by atoms with Crippen LogP contribution in [0.15, 0.2) is 84.9 Å². The Bertz CT molecular complexity index is 1120. The molecule has 1 fully saturated rings. The normalized spacial score (nSPS) is 13.4. The lowest BCUT2D eigenvalue weighted by atomic mass is 9.90. The lowest BCUT2D eigenvalue weighted by molar-refractivity contribution is -0.131. The fraction of sp³-hybridized carbons (Fsp3) is 0.276. The highest BCUT2D eigenvalue weighted by molar-refractivity contribution is 7.80. The highest BCUT2D eigenvalue weighted by Gasteiger charge is 2.24. The molecule has 1 saturated heterocycles. The molecule has 3 aromatic carbocycles. The van der Waals surface area contributed by atoms with Crippen LogP contribution in [-0.4, -0.2) is 48.0 Å². The molecule has 2 amide bonds. The number of anilines is 2. The number of benzene rings is 3. The first-order valence-electron chi connectivity index (χ1n) is 12.4. The SMILES string of the molecule is CCCC(=O)N1CCN(c2ccc(NC(=S)NC(=O)C(c3ccccc3)c3ccccc3)cc2)CC1. The molecule has 0 saturated carbocycles. The minimum atomic E-state index is -0.461. The number of piperazine rings is 1. The van der Waals surface area contributed by atoms with Gasteiger partial charge in [0, 0.05) is 44.0 Å². The second-order valence-corrected chi connectivity index (χ2v) is 9.27. The number of carbonyl (C=O) groups excluding carboxylic acids is 2. The largest absolute Gasteiger partial charge is 0.368 e. The number of hydrogen-bond donors (Lipinski definition) is 2. The molecule has 2 N–H and O–H groups in total. The van der Waals surface area contributed by atoms with E-state index in [9.17, 15) is 9.59 Å². The minimum Gasteiger partial charge on any atom is -0.368 e. The predicted molar refractivity (Wildman–Crippen MR) is 149 cm³/mol. The Morgan fingerprint density at radius 1 is 0.833 bits per heavy atom. The third-order valence-corrected chi connectivity index (χ3v) is 6.56. The summed E-state index contributed by atoms with van der Waals surface area (Å²) in [5, 5.41) is 6.24. The van der Waals surface area contributed by atoms with Crippen LogP contribution >= 0.6 is 12.2 Å². The standard InChI is InChI=1S/C29H32N4O2S/c1-2-9-26(34)33-20-18-32(19-21-33)25-16-14-24(15-17-25)30-29(36)31-28(35)27(22-10-5-3-6-11-22)23-12-7-4-8-13-23/h3-8,10-17,27H,2,9,18-21H2,1H3,(H2,30,31,35,36). The van der Waals surface area contributed by atoms with Crippen LogP contribution in [-0.2, 0) is 9.59 Å². The first-order valence-corrected chi connectivity index (χ1v) is 12.8. The average molecular weight is 501 g/mol. The summed E-state index contributed by atoms with van der Waals surface area (Å²) in [6, 6.07) is 27.4. The first-order chi connectivity index (χ1) is 17.5. The molecule has 6 nitrogen and oxygen atoms in total. The van der Waals surface area contributed by atoms with Gasteiger partial charge in [0.15, 0.2) is 5.11 Å². The summed E-state index contributed by atoms with van der Waals surface area (Å²) in [4.78, 5) is 29.6. The van der Waals surface area contributed by atoms with Crippen LogP contribution in [0.25, 0.3) is 0 Å². The summed E-state index contributed by atoms with van der Waals surface area (Å²) in [7, 11) is 0. The van der Waals surface area contributed by atoms with E-state index in [0.29, 0.717) is 6.42 Å². The second-order valence-electron chi connectivity index (χ2n) is 8.86. The Balaban J connectivity index is 1.35. The maximum absolute atomic E-state index is 13.2. The number of rotatable bonds is 7. The maximum Gasteiger partial charge on any atom is 0.238 e. The van der Waals surface area contributed by atoms with Gasteiger partial charge in [0.25, 0.3) is 0 Å².